The van der Waals surface area contributed by atoms with Crippen molar-refractivity contribution in [1.82, 2.24) is 0 Å². The summed E-state index contributed by atoms with van der Waals surface area (Å²) in [5.74, 6) is -0.655. The van der Waals surface area contributed by atoms with Gasteiger partial charge in [0.2, 0.25) is 0 Å². The highest BCUT2D eigenvalue weighted by Crippen LogP contribution is 2.12. The van der Waals surface area contributed by atoms with Crippen LogP contribution in [0.4, 0.5) is 0 Å². The number of carbonyl (C=O) groups is 1. The van der Waals surface area contributed by atoms with Crippen molar-refractivity contribution >= 4 is 5.97 Å². The number of unbranched alkanes of at least 4 members (excludes halogenated alkanes) is 12. The monoisotopic (exact) mass is 257 g/mol. The molecule has 0 atom stereocenters. The standard InChI is InChI=1S/C16H32O2/c1-2-3-4-5-6-7-8-9-10-11-12-13-14-15-16(17)18/h2-15H2,1H3,(H,17,18)/i16+1. The van der Waals surface area contributed by atoms with Gasteiger partial charge in [0.15, 0.2) is 0 Å². The van der Waals surface area contributed by atoms with Crippen LogP contribution in [0.15, 0.2) is 0 Å². The molecule has 108 valence electrons. The molecule has 0 bridgehead atoms. The van der Waals surface area contributed by atoms with E-state index in [1.165, 1.54) is 70.6 Å². The molecular formula is C16H32O2. The molecule has 0 aromatic rings. The van der Waals surface area contributed by atoms with Crippen molar-refractivity contribution in [3.8, 4) is 0 Å². The van der Waals surface area contributed by atoms with Crippen LogP contribution in [0.2, 0.25) is 0 Å². The first kappa shape index (κ1) is 17.5. The normalized spacial score (nSPS) is 10.7. The van der Waals surface area contributed by atoms with E-state index < -0.39 is 5.97 Å². The third-order valence-electron chi connectivity index (χ3n) is 3.49. The third kappa shape index (κ3) is 15.5. The Kier molecular flexibility index (Phi) is 14.1. The van der Waals surface area contributed by atoms with E-state index in [9.17, 15) is 4.79 Å². The van der Waals surface area contributed by atoms with Crippen molar-refractivity contribution in [3.63, 3.8) is 0 Å². The number of carboxylic acid groups (broad SMARTS) is 1. The van der Waals surface area contributed by atoms with E-state index in [-0.39, 0.29) is 0 Å². The maximum atomic E-state index is 10.3. The molecule has 0 unspecified atom stereocenters. The summed E-state index contributed by atoms with van der Waals surface area (Å²) in [4.78, 5) is 10.3. The van der Waals surface area contributed by atoms with Gasteiger partial charge in [-0.05, 0) is 6.42 Å². The van der Waals surface area contributed by atoms with Crippen LogP contribution in [-0.2, 0) is 4.79 Å². The third-order valence-corrected chi connectivity index (χ3v) is 3.49. The second kappa shape index (κ2) is 14.5. The Morgan fingerprint density at radius 1 is 0.667 bits per heavy atom. The minimum Gasteiger partial charge on any atom is -0.481 e. The molecule has 0 rings (SSSR count). The minimum atomic E-state index is -0.655. The van der Waals surface area contributed by atoms with Gasteiger partial charge in [0.05, 0.1) is 0 Å². The van der Waals surface area contributed by atoms with Gasteiger partial charge in [-0.2, -0.15) is 0 Å². The molecule has 0 saturated heterocycles. The van der Waals surface area contributed by atoms with Gasteiger partial charge in [-0.15, -0.1) is 0 Å². The fourth-order valence-corrected chi connectivity index (χ4v) is 2.29. The second-order valence-corrected chi connectivity index (χ2v) is 5.39. The summed E-state index contributed by atoms with van der Waals surface area (Å²) in [7, 11) is 0. The van der Waals surface area contributed by atoms with Crippen molar-refractivity contribution in [1.29, 1.82) is 0 Å². The van der Waals surface area contributed by atoms with Gasteiger partial charge in [-0.1, -0.05) is 84.0 Å². The molecule has 0 fully saturated rings. The lowest BCUT2D eigenvalue weighted by molar-refractivity contribution is -0.137. The SMILES string of the molecule is CCCCCCCCCCCCCCC[13C](=O)O. The molecule has 0 amide bonds. The molecule has 0 heterocycles. The largest absolute Gasteiger partial charge is 0.481 e. The van der Waals surface area contributed by atoms with Crippen LogP contribution in [0.25, 0.3) is 0 Å². The molecule has 1 N–H and O–H groups in total. The topological polar surface area (TPSA) is 37.3 Å². The van der Waals surface area contributed by atoms with Gasteiger partial charge in [0.25, 0.3) is 0 Å². The molecule has 0 aliphatic carbocycles. The molecule has 2 heteroatoms. The Morgan fingerprint density at radius 3 is 1.33 bits per heavy atom. The van der Waals surface area contributed by atoms with E-state index in [4.69, 9.17) is 5.11 Å². The Labute approximate surface area is 113 Å². The van der Waals surface area contributed by atoms with Gasteiger partial charge >= 0.3 is 5.97 Å². The number of hydrogen-bond donors (Lipinski definition) is 1. The molecule has 0 aliphatic heterocycles. The quantitative estimate of drug-likeness (QED) is 0.327. The maximum absolute atomic E-state index is 10.3. The lowest BCUT2D eigenvalue weighted by Crippen LogP contribution is -1.93. The van der Waals surface area contributed by atoms with E-state index in [2.05, 4.69) is 6.92 Å². The Balaban J connectivity index is 2.92. The van der Waals surface area contributed by atoms with Crippen molar-refractivity contribution in [2.75, 3.05) is 0 Å². The van der Waals surface area contributed by atoms with Gasteiger partial charge in [0.1, 0.15) is 0 Å². The van der Waals surface area contributed by atoms with Gasteiger partial charge in [-0.25, -0.2) is 0 Å². The van der Waals surface area contributed by atoms with Crippen LogP contribution in [0, 0.1) is 0 Å². The lowest BCUT2D eigenvalue weighted by Gasteiger charge is -2.02. The smallest absolute Gasteiger partial charge is 0.303 e. The predicted molar refractivity (Wildman–Crippen MR) is 77.9 cm³/mol. The summed E-state index contributed by atoms with van der Waals surface area (Å²) < 4.78 is 0. The molecule has 2 nitrogen and oxygen atoms in total. The fourth-order valence-electron chi connectivity index (χ4n) is 2.29. The van der Waals surface area contributed by atoms with Crippen molar-refractivity contribution < 1.29 is 9.90 Å². The van der Waals surface area contributed by atoms with Gasteiger partial charge < -0.3 is 5.11 Å². The number of aliphatic carboxylic acids is 1. The van der Waals surface area contributed by atoms with E-state index in [1.54, 1.807) is 0 Å². The highest BCUT2D eigenvalue weighted by molar-refractivity contribution is 5.66. The summed E-state index contributed by atoms with van der Waals surface area (Å²) in [6.07, 6.45) is 17.3. The van der Waals surface area contributed by atoms with Crippen LogP contribution < -0.4 is 0 Å². The zero-order valence-electron chi connectivity index (χ0n) is 12.3. The van der Waals surface area contributed by atoms with Gasteiger partial charge in [-0.3, -0.25) is 4.79 Å². The first-order valence-electron chi connectivity index (χ1n) is 7.99. The summed E-state index contributed by atoms with van der Waals surface area (Å²) in [6, 6.07) is 0. The van der Waals surface area contributed by atoms with Crippen LogP contribution in [0.5, 0.6) is 0 Å². The maximum Gasteiger partial charge on any atom is 0.303 e. The Bertz CT molecular complexity index is 178. The fraction of sp³-hybridized carbons (Fsp3) is 0.938. The molecule has 0 radical (unpaired) electrons. The van der Waals surface area contributed by atoms with Gasteiger partial charge in [0, 0.05) is 6.42 Å². The first-order valence-corrected chi connectivity index (χ1v) is 7.99. The molecule has 0 aromatic heterocycles. The lowest BCUT2D eigenvalue weighted by atomic mass is 10.0. The average Bonchev–Trinajstić information content (AvgIpc) is 2.34. The van der Waals surface area contributed by atoms with Crippen LogP contribution in [-0.4, -0.2) is 11.1 Å². The minimum absolute atomic E-state index is 0.345. The van der Waals surface area contributed by atoms with Crippen molar-refractivity contribution in [3.05, 3.63) is 0 Å². The van der Waals surface area contributed by atoms with Crippen molar-refractivity contribution in [2.45, 2.75) is 96.8 Å². The zero-order valence-corrected chi connectivity index (χ0v) is 12.3. The summed E-state index contributed by atoms with van der Waals surface area (Å²) in [5, 5.41) is 8.49. The number of rotatable bonds is 14. The van der Waals surface area contributed by atoms with E-state index in [0.717, 1.165) is 12.8 Å². The van der Waals surface area contributed by atoms with Crippen LogP contribution >= 0.6 is 0 Å². The second-order valence-electron chi connectivity index (χ2n) is 5.39. The van der Waals surface area contributed by atoms with E-state index in [1.807, 2.05) is 0 Å². The molecule has 0 aromatic carbocycles. The highest BCUT2D eigenvalue weighted by Gasteiger charge is 1.96. The van der Waals surface area contributed by atoms with Crippen LogP contribution in [0.3, 0.4) is 0 Å². The summed E-state index contributed by atoms with van der Waals surface area (Å²) >= 11 is 0. The Hall–Kier alpha value is -0.530. The molecular weight excluding hydrogens is 225 g/mol. The van der Waals surface area contributed by atoms with Crippen molar-refractivity contribution in [2.24, 2.45) is 0 Å². The Morgan fingerprint density at radius 2 is 1.00 bits per heavy atom. The first-order chi connectivity index (χ1) is 8.77. The summed E-state index contributed by atoms with van der Waals surface area (Å²) in [5.41, 5.74) is 0. The van der Waals surface area contributed by atoms with E-state index >= 15 is 0 Å². The van der Waals surface area contributed by atoms with Crippen LogP contribution in [0.1, 0.15) is 96.8 Å². The molecule has 0 saturated carbocycles. The number of carboxylic acids is 1. The number of hydrogen-bond acceptors (Lipinski definition) is 1. The highest BCUT2D eigenvalue weighted by atomic mass is 16.5. The molecule has 18 heavy (non-hydrogen) atoms. The van der Waals surface area contributed by atoms with E-state index in [0.29, 0.717) is 6.42 Å². The zero-order chi connectivity index (χ0) is 13.5. The predicted octanol–water partition coefficient (Wildman–Crippen LogP) is 5.55. The summed E-state index contributed by atoms with van der Waals surface area (Å²) in [6.45, 7) is 2.26. The molecule has 0 aliphatic rings. The average molecular weight is 257 g/mol. The molecule has 0 spiro atoms.